The van der Waals surface area contributed by atoms with E-state index in [2.05, 4.69) is 10.6 Å². The number of carbonyl (C=O) groups is 4. The van der Waals surface area contributed by atoms with E-state index < -0.39 is 23.8 Å². The van der Waals surface area contributed by atoms with Crippen LogP contribution >= 0.6 is 0 Å². The molecule has 7 nitrogen and oxygen atoms in total. The van der Waals surface area contributed by atoms with Gasteiger partial charge < -0.3 is 15.7 Å². The van der Waals surface area contributed by atoms with Crippen molar-refractivity contribution < 1.29 is 24.3 Å². The van der Waals surface area contributed by atoms with E-state index in [0.29, 0.717) is 11.3 Å². The van der Waals surface area contributed by atoms with Crippen molar-refractivity contribution in [3.63, 3.8) is 0 Å². The molecule has 0 aliphatic rings. The van der Waals surface area contributed by atoms with Gasteiger partial charge in [-0.25, -0.2) is 4.79 Å². The van der Waals surface area contributed by atoms with Crippen LogP contribution in [0.2, 0.25) is 0 Å². The molecule has 0 radical (unpaired) electrons. The number of carboxylic acid groups (broad SMARTS) is 1. The van der Waals surface area contributed by atoms with Gasteiger partial charge in [0, 0.05) is 22.9 Å². The van der Waals surface area contributed by atoms with Gasteiger partial charge in [0.1, 0.15) is 6.04 Å². The first-order chi connectivity index (χ1) is 11.6. The molecule has 0 saturated carbocycles. The molecule has 0 aliphatic carbocycles. The van der Waals surface area contributed by atoms with Crippen molar-refractivity contribution in [1.29, 1.82) is 0 Å². The van der Waals surface area contributed by atoms with E-state index in [0.717, 1.165) is 6.08 Å². The number of amides is 2. The molecule has 1 unspecified atom stereocenters. The van der Waals surface area contributed by atoms with Gasteiger partial charge in [-0.15, -0.1) is 0 Å². The highest BCUT2D eigenvalue weighted by Crippen LogP contribution is 2.10. The second-order valence-electron chi connectivity index (χ2n) is 5.98. The molecular formula is C18H22N2O5. The summed E-state index contributed by atoms with van der Waals surface area (Å²) in [5.41, 5.74) is 1.09. The molecule has 1 aromatic carbocycles. The van der Waals surface area contributed by atoms with Crippen molar-refractivity contribution in [3.05, 3.63) is 41.5 Å². The zero-order valence-corrected chi connectivity index (χ0v) is 14.6. The van der Waals surface area contributed by atoms with Crippen LogP contribution in [0.3, 0.4) is 0 Å². The van der Waals surface area contributed by atoms with Crippen LogP contribution in [-0.2, 0) is 14.4 Å². The summed E-state index contributed by atoms with van der Waals surface area (Å²) in [4.78, 5) is 46.3. The van der Waals surface area contributed by atoms with Crippen LogP contribution in [0.4, 0.5) is 5.69 Å². The Bertz CT molecular complexity index is 705. The van der Waals surface area contributed by atoms with Crippen LogP contribution in [0.1, 0.15) is 38.1 Å². The summed E-state index contributed by atoms with van der Waals surface area (Å²) in [6.45, 7) is 6.22. The number of carboxylic acids is 1. The van der Waals surface area contributed by atoms with E-state index in [1.54, 1.807) is 38.1 Å². The quantitative estimate of drug-likeness (QED) is 0.516. The van der Waals surface area contributed by atoms with Gasteiger partial charge in [-0.1, -0.05) is 13.8 Å². The fraction of sp³-hybridized carbons (Fsp3) is 0.333. The number of Topliss-reactive ketones (excluding diaryl/α,β-unsaturated/α-hetero) is 1. The van der Waals surface area contributed by atoms with Crippen molar-refractivity contribution in [2.75, 3.05) is 5.32 Å². The van der Waals surface area contributed by atoms with Gasteiger partial charge in [0.15, 0.2) is 5.78 Å². The van der Waals surface area contributed by atoms with Crippen LogP contribution in [0.25, 0.3) is 0 Å². The average molecular weight is 346 g/mol. The van der Waals surface area contributed by atoms with Crippen LogP contribution < -0.4 is 10.6 Å². The minimum Gasteiger partial charge on any atom is -0.480 e. The lowest BCUT2D eigenvalue weighted by Gasteiger charge is -2.17. The third-order valence-electron chi connectivity index (χ3n) is 3.48. The average Bonchev–Trinajstić information content (AvgIpc) is 2.51. The summed E-state index contributed by atoms with van der Waals surface area (Å²) >= 11 is 0. The predicted octanol–water partition coefficient (Wildman–Crippen LogP) is 2.00. The molecule has 0 spiro atoms. The first-order valence-electron chi connectivity index (χ1n) is 7.75. The van der Waals surface area contributed by atoms with Crippen LogP contribution in [0.15, 0.2) is 35.9 Å². The molecule has 1 rings (SSSR count). The number of anilines is 1. The Morgan fingerprint density at radius 2 is 1.60 bits per heavy atom. The highest BCUT2D eigenvalue weighted by molar-refractivity contribution is 6.06. The number of nitrogens with one attached hydrogen (secondary N) is 2. The molecule has 0 saturated heterocycles. The maximum absolute atomic E-state index is 12.0. The maximum Gasteiger partial charge on any atom is 0.326 e. The lowest BCUT2D eigenvalue weighted by molar-refractivity contribution is -0.142. The summed E-state index contributed by atoms with van der Waals surface area (Å²) < 4.78 is 0. The van der Waals surface area contributed by atoms with Gasteiger partial charge in [0.05, 0.1) is 0 Å². The Hall–Kier alpha value is -2.96. The van der Waals surface area contributed by atoms with Crippen LogP contribution in [0, 0.1) is 5.92 Å². The highest BCUT2D eigenvalue weighted by atomic mass is 16.4. The first-order valence-corrected chi connectivity index (χ1v) is 7.75. The first kappa shape index (κ1) is 20.1. The second-order valence-corrected chi connectivity index (χ2v) is 5.98. The van der Waals surface area contributed by atoms with Gasteiger partial charge in [-0.3, -0.25) is 14.4 Å². The highest BCUT2D eigenvalue weighted by Gasteiger charge is 2.23. The fourth-order valence-electron chi connectivity index (χ4n) is 2.00. The SMILES string of the molecule is CC(=O)c1ccc(NC(=O)/C=C(/C)C(=O)NC(C(=O)O)C(C)C)cc1. The molecule has 1 aromatic rings. The Labute approximate surface area is 146 Å². The molecule has 0 heterocycles. The maximum atomic E-state index is 12.0. The summed E-state index contributed by atoms with van der Waals surface area (Å²) in [5.74, 6) is -2.65. The van der Waals surface area contributed by atoms with Gasteiger partial charge in [0.25, 0.3) is 0 Å². The summed E-state index contributed by atoms with van der Waals surface area (Å²) in [7, 11) is 0. The molecule has 0 aliphatic heterocycles. The number of rotatable bonds is 7. The molecule has 7 heteroatoms. The van der Waals surface area contributed by atoms with Gasteiger partial charge >= 0.3 is 5.97 Å². The number of hydrogen-bond acceptors (Lipinski definition) is 4. The zero-order valence-electron chi connectivity index (χ0n) is 14.6. The molecule has 0 fully saturated rings. The fourth-order valence-corrected chi connectivity index (χ4v) is 2.00. The van der Waals surface area contributed by atoms with Crippen molar-refractivity contribution in [2.45, 2.75) is 33.7 Å². The second kappa shape index (κ2) is 8.77. The van der Waals surface area contributed by atoms with Crippen LogP contribution in [-0.4, -0.2) is 34.7 Å². The molecule has 3 N–H and O–H groups in total. The third-order valence-corrected chi connectivity index (χ3v) is 3.48. The Morgan fingerprint density at radius 3 is 2.04 bits per heavy atom. The predicted molar refractivity (Wildman–Crippen MR) is 93.2 cm³/mol. The van der Waals surface area contributed by atoms with E-state index >= 15 is 0 Å². The van der Waals surface area contributed by atoms with Crippen molar-refractivity contribution >= 4 is 29.3 Å². The number of ketones is 1. The molecule has 134 valence electrons. The van der Waals surface area contributed by atoms with Crippen LogP contribution in [0.5, 0.6) is 0 Å². The number of aliphatic carboxylic acids is 1. The monoisotopic (exact) mass is 346 g/mol. The number of benzene rings is 1. The number of hydrogen-bond donors (Lipinski definition) is 3. The molecular weight excluding hydrogens is 324 g/mol. The molecule has 25 heavy (non-hydrogen) atoms. The third kappa shape index (κ3) is 6.21. The largest absolute Gasteiger partial charge is 0.480 e. The minimum atomic E-state index is -1.13. The molecule has 2 amide bonds. The lowest BCUT2D eigenvalue weighted by atomic mass is 10.0. The topological polar surface area (TPSA) is 113 Å². The van der Waals surface area contributed by atoms with Gasteiger partial charge in [0.2, 0.25) is 11.8 Å². The summed E-state index contributed by atoms with van der Waals surface area (Å²) in [6, 6.07) is 5.30. The lowest BCUT2D eigenvalue weighted by Crippen LogP contribution is -2.44. The van der Waals surface area contributed by atoms with Crippen molar-refractivity contribution in [3.8, 4) is 0 Å². The molecule has 1 atom stereocenters. The normalized spacial score (nSPS) is 12.4. The zero-order chi connectivity index (χ0) is 19.1. The number of carbonyl (C=O) groups excluding carboxylic acids is 3. The smallest absolute Gasteiger partial charge is 0.326 e. The van der Waals surface area contributed by atoms with E-state index in [1.807, 2.05) is 0 Å². The minimum absolute atomic E-state index is 0.0802. The van der Waals surface area contributed by atoms with E-state index in [4.69, 9.17) is 5.11 Å². The summed E-state index contributed by atoms with van der Waals surface area (Å²) in [5, 5.41) is 14.0. The van der Waals surface area contributed by atoms with Crippen molar-refractivity contribution in [1.82, 2.24) is 5.32 Å². The van der Waals surface area contributed by atoms with E-state index in [9.17, 15) is 19.2 Å². The van der Waals surface area contributed by atoms with Gasteiger partial charge in [-0.05, 0) is 44.0 Å². The van der Waals surface area contributed by atoms with Gasteiger partial charge in [-0.2, -0.15) is 0 Å². The van der Waals surface area contributed by atoms with E-state index in [-0.39, 0.29) is 17.3 Å². The van der Waals surface area contributed by atoms with Crippen molar-refractivity contribution in [2.24, 2.45) is 5.92 Å². The molecule has 0 aromatic heterocycles. The van der Waals surface area contributed by atoms with E-state index in [1.165, 1.54) is 13.8 Å². The molecule has 0 bridgehead atoms. The standard InChI is InChI=1S/C18H22N2O5/c1-10(2)16(18(24)25)20-17(23)11(3)9-15(22)19-14-7-5-13(6-8-14)12(4)21/h5-10,16H,1-4H3,(H,19,22)(H,20,23)(H,24,25)/b11-9-. The Kier molecular flexibility index (Phi) is 7.05. The summed E-state index contributed by atoms with van der Waals surface area (Å²) in [6.07, 6.45) is 1.09. The Balaban J connectivity index is 2.73. The Morgan fingerprint density at radius 1 is 1.04 bits per heavy atom.